The fourth-order valence-electron chi connectivity index (χ4n) is 3.66. The summed E-state index contributed by atoms with van der Waals surface area (Å²) in [6.45, 7) is 6.63. The van der Waals surface area contributed by atoms with Crippen LogP contribution in [0.15, 0.2) is 30.3 Å². The molecule has 1 aromatic carbocycles. The zero-order valence-corrected chi connectivity index (χ0v) is 19.8. The second kappa shape index (κ2) is 13.9. The first-order valence-electron chi connectivity index (χ1n) is 11.3. The molecule has 33 heavy (non-hydrogen) atoms. The summed E-state index contributed by atoms with van der Waals surface area (Å²) in [4.78, 5) is 35.2. The maximum absolute atomic E-state index is 12.0. The van der Waals surface area contributed by atoms with Crippen LogP contribution < -0.4 is 5.32 Å². The smallest absolute Gasteiger partial charge is 0.303 e. The molecule has 1 fully saturated rings. The average molecular weight is 466 g/mol. The Labute approximate surface area is 195 Å². The number of unbranched alkanes of at least 4 members (excludes halogenated alkanes) is 2. The lowest BCUT2D eigenvalue weighted by Crippen LogP contribution is -2.66. The first kappa shape index (κ1) is 26.8. The Morgan fingerprint density at radius 2 is 1.61 bits per heavy atom. The number of hydrogen-bond donors (Lipinski definition) is 1. The molecular formula is C24H35NO8. The maximum atomic E-state index is 12.0. The van der Waals surface area contributed by atoms with Crippen LogP contribution in [0.25, 0.3) is 0 Å². The molecule has 0 spiro atoms. The van der Waals surface area contributed by atoms with E-state index in [9.17, 15) is 14.4 Å². The van der Waals surface area contributed by atoms with Crippen molar-refractivity contribution in [2.45, 2.75) is 84.2 Å². The molecular weight excluding hydrogens is 430 g/mol. The van der Waals surface area contributed by atoms with Crippen LogP contribution >= 0.6 is 0 Å². The predicted octanol–water partition coefficient (Wildman–Crippen LogP) is 2.50. The van der Waals surface area contributed by atoms with Gasteiger partial charge in [0.2, 0.25) is 0 Å². The lowest BCUT2D eigenvalue weighted by Gasteiger charge is -2.45. The minimum Gasteiger partial charge on any atom is -0.463 e. The van der Waals surface area contributed by atoms with Gasteiger partial charge in [-0.25, -0.2) is 0 Å². The minimum atomic E-state index is -0.981. The third-order valence-corrected chi connectivity index (χ3v) is 5.12. The Balaban J connectivity index is 2.30. The van der Waals surface area contributed by atoms with Crippen molar-refractivity contribution >= 4 is 17.9 Å². The number of carbonyl (C=O) groups is 3. The third-order valence-electron chi connectivity index (χ3n) is 5.12. The molecule has 0 radical (unpaired) electrons. The second-order valence-electron chi connectivity index (χ2n) is 7.98. The third kappa shape index (κ3) is 9.11. The first-order chi connectivity index (χ1) is 15.8. The van der Waals surface area contributed by atoms with Gasteiger partial charge in [-0.2, -0.15) is 0 Å². The van der Waals surface area contributed by atoms with E-state index in [1.54, 1.807) is 0 Å². The Morgan fingerprint density at radius 1 is 0.939 bits per heavy atom. The van der Waals surface area contributed by atoms with E-state index >= 15 is 0 Å². The van der Waals surface area contributed by atoms with E-state index in [0.717, 1.165) is 24.8 Å². The molecule has 1 N–H and O–H groups in total. The van der Waals surface area contributed by atoms with Gasteiger partial charge in [0.25, 0.3) is 0 Å². The van der Waals surface area contributed by atoms with Gasteiger partial charge in [-0.05, 0) is 18.5 Å². The molecule has 0 amide bonds. The zero-order valence-electron chi connectivity index (χ0n) is 19.8. The number of hydrogen-bond acceptors (Lipinski definition) is 9. The summed E-state index contributed by atoms with van der Waals surface area (Å²) < 4.78 is 28.4. The highest BCUT2D eigenvalue weighted by atomic mass is 16.7. The quantitative estimate of drug-likeness (QED) is 0.283. The topological polar surface area (TPSA) is 109 Å². The van der Waals surface area contributed by atoms with Gasteiger partial charge in [0.15, 0.2) is 18.5 Å². The largest absolute Gasteiger partial charge is 0.463 e. The molecule has 5 atom stereocenters. The summed E-state index contributed by atoms with van der Waals surface area (Å²) in [6, 6.07) is 8.97. The van der Waals surface area contributed by atoms with Gasteiger partial charge in [0.1, 0.15) is 12.7 Å². The lowest BCUT2D eigenvalue weighted by atomic mass is 9.96. The minimum absolute atomic E-state index is 0.182. The van der Waals surface area contributed by atoms with Gasteiger partial charge in [0.05, 0.1) is 12.6 Å². The Bertz CT molecular complexity index is 756. The second-order valence-corrected chi connectivity index (χ2v) is 7.98. The Morgan fingerprint density at radius 3 is 2.21 bits per heavy atom. The maximum Gasteiger partial charge on any atom is 0.303 e. The molecule has 2 rings (SSSR count). The first-order valence-corrected chi connectivity index (χ1v) is 11.3. The van der Waals surface area contributed by atoms with E-state index in [4.69, 9.17) is 23.7 Å². The van der Waals surface area contributed by atoms with E-state index < -0.39 is 48.6 Å². The molecule has 0 saturated carbocycles. The van der Waals surface area contributed by atoms with Crippen molar-refractivity contribution in [2.75, 3.05) is 13.2 Å². The van der Waals surface area contributed by atoms with Crippen LogP contribution in [-0.4, -0.2) is 61.7 Å². The highest BCUT2D eigenvalue weighted by Crippen LogP contribution is 2.28. The van der Waals surface area contributed by atoms with Crippen LogP contribution in [0, 0.1) is 0 Å². The summed E-state index contributed by atoms with van der Waals surface area (Å²) in [5, 5.41) is 3.36. The lowest BCUT2D eigenvalue weighted by molar-refractivity contribution is -0.281. The molecule has 1 saturated heterocycles. The van der Waals surface area contributed by atoms with Crippen LogP contribution in [0.2, 0.25) is 0 Å². The van der Waals surface area contributed by atoms with Crippen molar-refractivity contribution in [1.29, 1.82) is 0 Å². The summed E-state index contributed by atoms with van der Waals surface area (Å²) in [6.07, 6.45) is -0.629. The SMILES string of the molecule is CCCCCN[C@H]1[C@H](OCc2ccccc2)O[C@H](COC(C)=O)[C@@H](OC(C)=O)[C@@H]1OC(C)=O. The van der Waals surface area contributed by atoms with Gasteiger partial charge in [-0.15, -0.1) is 0 Å². The monoisotopic (exact) mass is 465 g/mol. The van der Waals surface area contributed by atoms with Crippen LogP contribution in [-0.2, 0) is 44.7 Å². The molecule has 1 aliphatic heterocycles. The molecule has 9 nitrogen and oxygen atoms in total. The molecule has 0 bridgehead atoms. The Kier molecular flexibility index (Phi) is 11.3. The average Bonchev–Trinajstić information content (AvgIpc) is 2.76. The predicted molar refractivity (Wildman–Crippen MR) is 119 cm³/mol. The van der Waals surface area contributed by atoms with Crippen molar-refractivity contribution in [3.63, 3.8) is 0 Å². The van der Waals surface area contributed by atoms with Crippen LogP contribution in [0.3, 0.4) is 0 Å². The van der Waals surface area contributed by atoms with Gasteiger partial charge in [0, 0.05) is 20.8 Å². The van der Waals surface area contributed by atoms with Crippen molar-refractivity contribution in [3.8, 4) is 0 Å². The molecule has 1 aliphatic rings. The van der Waals surface area contributed by atoms with Gasteiger partial charge in [-0.3, -0.25) is 14.4 Å². The summed E-state index contributed by atoms with van der Waals surface area (Å²) in [5.74, 6) is -1.61. The van der Waals surface area contributed by atoms with Crippen LogP contribution in [0.4, 0.5) is 0 Å². The van der Waals surface area contributed by atoms with Gasteiger partial charge in [-0.1, -0.05) is 50.1 Å². The van der Waals surface area contributed by atoms with Crippen molar-refractivity contribution in [1.82, 2.24) is 5.32 Å². The van der Waals surface area contributed by atoms with Crippen molar-refractivity contribution < 1.29 is 38.1 Å². The summed E-state index contributed by atoms with van der Waals surface area (Å²) in [7, 11) is 0. The number of benzene rings is 1. The highest BCUT2D eigenvalue weighted by molar-refractivity contribution is 5.68. The number of esters is 3. The molecule has 0 aliphatic carbocycles. The standard InChI is InChI=1S/C24H35NO8/c1-5-6-10-13-25-21-23(32-18(4)28)22(31-17(3)27)20(15-29-16(2)26)33-24(21)30-14-19-11-8-7-9-12-19/h7-9,11-12,20-25H,5-6,10,13-15H2,1-4H3/t20-,21-,22-,23-,24-/m1/s1. The number of rotatable bonds is 12. The van der Waals surface area contributed by atoms with E-state index in [0.29, 0.717) is 6.54 Å². The molecule has 184 valence electrons. The van der Waals surface area contributed by atoms with Crippen LogP contribution in [0.5, 0.6) is 0 Å². The number of ether oxygens (including phenoxy) is 5. The molecule has 0 aromatic heterocycles. The molecule has 0 unspecified atom stereocenters. The molecule has 1 heterocycles. The van der Waals surface area contributed by atoms with Crippen molar-refractivity contribution in [2.24, 2.45) is 0 Å². The number of nitrogens with one attached hydrogen (secondary N) is 1. The zero-order chi connectivity index (χ0) is 24.2. The Hall–Kier alpha value is -2.49. The number of carbonyl (C=O) groups excluding carboxylic acids is 3. The van der Waals surface area contributed by atoms with E-state index in [2.05, 4.69) is 12.2 Å². The summed E-state index contributed by atoms with van der Waals surface area (Å²) >= 11 is 0. The fraction of sp³-hybridized carbons (Fsp3) is 0.625. The summed E-state index contributed by atoms with van der Waals surface area (Å²) in [5.41, 5.74) is 0.938. The van der Waals surface area contributed by atoms with Gasteiger partial charge < -0.3 is 29.0 Å². The van der Waals surface area contributed by atoms with E-state index in [-0.39, 0.29) is 13.2 Å². The highest BCUT2D eigenvalue weighted by Gasteiger charge is 2.50. The van der Waals surface area contributed by atoms with Gasteiger partial charge >= 0.3 is 17.9 Å². The molecule has 9 heteroatoms. The fourth-order valence-corrected chi connectivity index (χ4v) is 3.66. The van der Waals surface area contributed by atoms with Crippen LogP contribution in [0.1, 0.15) is 52.5 Å². The molecule has 1 aromatic rings. The van der Waals surface area contributed by atoms with Crippen molar-refractivity contribution in [3.05, 3.63) is 35.9 Å². The van der Waals surface area contributed by atoms with E-state index in [1.807, 2.05) is 30.3 Å². The van der Waals surface area contributed by atoms with E-state index in [1.165, 1.54) is 20.8 Å². The normalized spacial score (nSPS) is 24.7.